The molecule has 0 amide bonds. The number of hydrogen-bond acceptors (Lipinski definition) is 9. The van der Waals surface area contributed by atoms with Gasteiger partial charge in [-0.2, -0.15) is 0 Å². The molecule has 0 saturated heterocycles. The van der Waals surface area contributed by atoms with Crippen LogP contribution in [0.1, 0.15) is 46.0 Å². The lowest BCUT2D eigenvalue weighted by molar-refractivity contribution is 0.0567. The van der Waals surface area contributed by atoms with Crippen LogP contribution < -0.4 is 20.3 Å². The van der Waals surface area contributed by atoms with E-state index in [-0.39, 0.29) is 53.7 Å². The predicted octanol–water partition coefficient (Wildman–Crippen LogP) is 4.41. The number of carbonyl (C=O) groups is 2. The summed E-state index contributed by atoms with van der Waals surface area (Å²) in [6.07, 6.45) is 2.64. The highest BCUT2D eigenvalue weighted by Gasteiger charge is 2.22. The first-order chi connectivity index (χ1) is 22.6. The lowest BCUT2D eigenvalue weighted by atomic mass is 10.2. The van der Waals surface area contributed by atoms with Crippen LogP contribution in [-0.4, -0.2) is 59.7 Å². The maximum atomic E-state index is 12.2. The summed E-state index contributed by atoms with van der Waals surface area (Å²) in [5, 5.41) is 9.47. The van der Waals surface area contributed by atoms with Crippen molar-refractivity contribution >= 4 is 11.9 Å². The van der Waals surface area contributed by atoms with Crippen molar-refractivity contribution in [2.45, 2.75) is 52.4 Å². The van der Waals surface area contributed by atoms with E-state index in [2.05, 4.69) is 0 Å². The van der Waals surface area contributed by atoms with E-state index in [4.69, 9.17) is 23.7 Å². The number of rotatable bonds is 14. The number of carbonyl (C=O) groups excluding carboxylic acids is 1. The molecule has 0 aliphatic carbocycles. The maximum Gasteiger partial charge on any atom is 0.358 e. The van der Waals surface area contributed by atoms with E-state index in [1.54, 1.807) is 25.0 Å². The van der Waals surface area contributed by atoms with Crippen LogP contribution in [0.15, 0.2) is 94.8 Å². The van der Waals surface area contributed by atoms with Crippen LogP contribution in [0, 0.1) is 0 Å². The Bertz CT molecular complexity index is 1720. The SMILES string of the molecule is COC(=O)c1c(OCc2ccccc2)c(=O)ccn1CC(C)OC.COC(C)Cn1ccc(=O)c(OCc2ccccc2)c1C(=O)O. The molecule has 0 radical (unpaired) electrons. The molecular weight excluding hydrogens is 608 g/mol. The zero-order valence-corrected chi connectivity index (χ0v) is 27.1. The van der Waals surface area contributed by atoms with Crippen LogP contribution >= 0.6 is 0 Å². The third kappa shape index (κ3) is 10.4. The summed E-state index contributed by atoms with van der Waals surface area (Å²) in [7, 11) is 4.39. The Morgan fingerprint density at radius 3 is 1.45 bits per heavy atom. The number of pyridine rings is 2. The van der Waals surface area contributed by atoms with Crippen LogP contribution in [-0.2, 0) is 40.5 Å². The largest absolute Gasteiger partial charge is 0.482 e. The first-order valence-corrected chi connectivity index (χ1v) is 14.8. The molecule has 0 fully saturated rings. The monoisotopic (exact) mass is 648 g/mol. The van der Waals surface area contributed by atoms with Gasteiger partial charge in [0.25, 0.3) is 0 Å². The van der Waals surface area contributed by atoms with Crippen molar-refractivity contribution in [2.24, 2.45) is 0 Å². The Labute approximate surface area is 272 Å². The summed E-state index contributed by atoms with van der Waals surface area (Å²) >= 11 is 0. The molecule has 0 aliphatic rings. The van der Waals surface area contributed by atoms with Gasteiger partial charge in [0, 0.05) is 51.8 Å². The Kier molecular flexibility index (Phi) is 13.9. The second-order valence-electron chi connectivity index (χ2n) is 10.5. The van der Waals surface area contributed by atoms with Crippen LogP contribution in [0.5, 0.6) is 11.5 Å². The van der Waals surface area contributed by atoms with E-state index in [1.807, 2.05) is 74.5 Å². The number of esters is 1. The lowest BCUT2D eigenvalue weighted by Gasteiger charge is -2.18. The van der Waals surface area contributed by atoms with Gasteiger partial charge < -0.3 is 37.9 Å². The Morgan fingerprint density at radius 2 is 1.06 bits per heavy atom. The molecule has 2 aromatic carbocycles. The van der Waals surface area contributed by atoms with Gasteiger partial charge in [0.1, 0.15) is 13.2 Å². The number of aromatic nitrogens is 2. The molecule has 0 aliphatic heterocycles. The van der Waals surface area contributed by atoms with Crippen molar-refractivity contribution in [1.82, 2.24) is 9.13 Å². The molecule has 0 bridgehead atoms. The third-order valence-corrected chi connectivity index (χ3v) is 7.01. The molecule has 12 nitrogen and oxygen atoms in total. The molecule has 2 unspecified atom stereocenters. The van der Waals surface area contributed by atoms with Crippen molar-refractivity contribution < 1.29 is 38.4 Å². The molecule has 2 aromatic heterocycles. The number of nitrogens with zero attached hydrogens (tertiary/aromatic N) is 2. The van der Waals surface area contributed by atoms with E-state index in [1.165, 1.54) is 30.0 Å². The van der Waals surface area contributed by atoms with Gasteiger partial charge in [-0.1, -0.05) is 60.7 Å². The highest BCUT2D eigenvalue weighted by atomic mass is 16.5. The molecule has 0 saturated carbocycles. The van der Waals surface area contributed by atoms with E-state index in [0.717, 1.165) is 11.1 Å². The quantitative estimate of drug-likeness (QED) is 0.195. The minimum absolute atomic E-state index is 0.0171. The topological polar surface area (TPSA) is 145 Å². The molecular formula is C35H40N2O10. The first kappa shape index (κ1) is 36.3. The molecule has 250 valence electrons. The van der Waals surface area contributed by atoms with Gasteiger partial charge >= 0.3 is 11.9 Å². The average molecular weight is 649 g/mol. The van der Waals surface area contributed by atoms with Crippen LogP contribution in [0.25, 0.3) is 0 Å². The van der Waals surface area contributed by atoms with Crippen molar-refractivity contribution in [2.75, 3.05) is 21.3 Å². The molecule has 2 heterocycles. The van der Waals surface area contributed by atoms with Gasteiger partial charge in [0.05, 0.1) is 19.3 Å². The van der Waals surface area contributed by atoms with Gasteiger partial charge in [-0.15, -0.1) is 0 Å². The fraction of sp³-hybridized carbons (Fsp3) is 0.314. The predicted molar refractivity (Wildman–Crippen MR) is 174 cm³/mol. The van der Waals surface area contributed by atoms with Gasteiger partial charge in [-0.05, 0) is 25.0 Å². The molecule has 4 aromatic rings. The van der Waals surface area contributed by atoms with Gasteiger partial charge in [0.2, 0.25) is 10.9 Å². The number of ether oxygens (including phenoxy) is 5. The van der Waals surface area contributed by atoms with Crippen LogP contribution in [0.3, 0.4) is 0 Å². The first-order valence-electron chi connectivity index (χ1n) is 14.8. The standard InChI is InChI=1S/C18H21NO5.C17H19NO5/c1-13(22-2)11-19-10-9-15(20)17(16(19)18(21)23-3)24-12-14-7-5-4-6-8-14;1-12(22-2)10-18-9-8-14(19)16(15(18)17(20)21)23-11-13-6-4-3-5-7-13/h4-10,13H,11-12H2,1-3H3;3-9,12H,10-11H2,1-2H3,(H,20,21). The van der Waals surface area contributed by atoms with Crippen molar-refractivity contribution in [3.63, 3.8) is 0 Å². The molecule has 12 heteroatoms. The van der Waals surface area contributed by atoms with Crippen molar-refractivity contribution in [1.29, 1.82) is 0 Å². The number of benzene rings is 2. The fourth-order valence-corrected chi connectivity index (χ4v) is 4.38. The Morgan fingerprint density at radius 1 is 0.660 bits per heavy atom. The van der Waals surface area contributed by atoms with Gasteiger partial charge in [-0.25, -0.2) is 9.59 Å². The Hall–Kier alpha value is -5.20. The summed E-state index contributed by atoms with van der Waals surface area (Å²) in [4.78, 5) is 48.0. The molecule has 1 N–H and O–H groups in total. The lowest BCUT2D eigenvalue weighted by Crippen LogP contribution is -2.25. The van der Waals surface area contributed by atoms with Crippen molar-refractivity contribution in [3.05, 3.63) is 128 Å². The highest BCUT2D eigenvalue weighted by molar-refractivity contribution is 5.90. The fourth-order valence-electron chi connectivity index (χ4n) is 4.38. The minimum atomic E-state index is -1.21. The van der Waals surface area contributed by atoms with E-state index in [0.29, 0.717) is 13.1 Å². The zero-order chi connectivity index (χ0) is 34.3. The van der Waals surface area contributed by atoms with E-state index in [9.17, 15) is 24.3 Å². The summed E-state index contributed by atoms with van der Waals surface area (Å²) in [6.45, 7) is 4.69. The van der Waals surface area contributed by atoms with Crippen LogP contribution in [0.2, 0.25) is 0 Å². The molecule has 4 rings (SSSR count). The second-order valence-corrected chi connectivity index (χ2v) is 10.5. The number of aromatic carboxylic acids is 1. The summed E-state index contributed by atoms with van der Waals surface area (Å²) in [5.74, 6) is -2.02. The second kappa shape index (κ2) is 18.1. The van der Waals surface area contributed by atoms with Gasteiger partial charge in [0.15, 0.2) is 22.9 Å². The number of carboxylic acid groups (broad SMARTS) is 1. The van der Waals surface area contributed by atoms with E-state index < -0.39 is 17.4 Å². The number of carboxylic acids is 1. The molecule has 2 atom stereocenters. The average Bonchev–Trinajstić information content (AvgIpc) is 3.08. The minimum Gasteiger partial charge on any atom is -0.482 e. The summed E-state index contributed by atoms with van der Waals surface area (Å²) < 4.78 is 29.4. The number of hydrogen-bond donors (Lipinski definition) is 1. The Balaban J connectivity index is 0.000000256. The molecule has 47 heavy (non-hydrogen) atoms. The van der Waals surface area contributed by atoms with Crippen LogP contribution in [0.4, 0.5) is 0 Å². The van der Waals surface area contributed by atoms with E-state index >= 15 is 0 Å². The summed E-state index contributed by atoms with van der Waals surface area (Å²) in [6, 6.07) is 21.3. The smallest absolute Gasteiger partial charge is 0.358 e. The molecule has 0 spiro atoms. The number of methoxy groups -OCH3 is 3. The summed E-state index contributed by atoms with van der Waals surface area (Å²) in [5.41, 5.74) is 0.840. The van der Waals surface area contributed by atoms with Crippen molar-refractivity contribution in [3.8, 4) is 11.5 Å². The normalized spacial score (nSPS) is 11.9. The van der Waals surface area contributed by atoms with Gasteiger partial charge in [-0.3, -0.25) is 9.59 Å². The maximum absolute atomic E-state index is 12.2. The third-order valence-electron chi connectivity index (χ3n) is 7.01. The highest BCUT2D eigenvalue weighted by Crippen LogP contribution is 2.18. The zero-order valence-electron chi connectivity index (χ0n) is 27.1.